The van der Waals surface area contributed by atoms with Crippen molar-refractivity contribution in [2.24, 2.45) is 11.5 Å². The maximum Gasteiger partial charge on any atom is 0.327 e. The zero-order valence-electron chi connectivity index (χ0n) is 17.0. The monoisotopic (exact) mass is 473 g/mol. The second-order valence-electron chi connectivity index (χ2n) is 6.78. The number of nitrogens with zero attached hydrogens (tertiary/aromatic N) is 1. The van der Waals surface area contributed by atoms with Crippen LogP contribution in [-0.4, -0.2) is 86.3 Å². The summed E-state index contributed by atoms with van der Waals surface area (Å²) in [6.07, 6.45) is 2.44. The molecule has 1 aromatic heterocycles. The molecule has 178 valence electrons. The number of amides is 4. The Labute approximate surface area is 188 Å². The fourth-order valence-corrected chi connectivity index (χ4v) is 2.73. The lowest BCUT2D eigenvalue weighted by Gasteiger charge is -2.24. The van der Waals surface area contributed by atoms with Gasteiger partial charge in [-0.25, -0.2) is 9.78 Å². The van der Waals surface area contributed by atoms with E-state index in [0.717, 1.165) is 0 Å². The lowest BCUT2D eigenvalue weighted by atomic mass is 10.1. The van der Waals surface area contributed by atoms with E-state index in [0.29, 0.717) is 5.69 Å². The minimum absolute atomic E-state index is 0.0928. The van der Waals surface area contributed by atoms with E-state index < -0.39 is 60.4 Å². The average Bonchev–Trinajstić information content (AvgIpc) is 3.25. The van der Waals surface area contributed by atoms with E-state index >= 15 is 0 Å². The molecule has 32 heavy (non-hydrogen) atoms. The van der Waals surface area contributed by atoms with Crippen molar-refractivity contribution < 1.29 is 34.2 Å². The average molecular weight is 474 g/mol. The number of aromatic amines is 1. The summed E-state index contributed by atoms with van der Waals surface area (Å²) in [5, 5.41) is 25.3. The molecule has 0 spiro atoms. The zero-order chi connectivity index (χ0) is 24.3. The van der Waals surface area contributed by atoms with Crippen LogP contribution in [0.3, 0.4) is 0 Å². The van der Waals surface area contributed by atoms with Crippen molar-refractivity contribution in [3.63, 3.8) is 0 Å². The van der Waals surface area contributed by atoms with Crippen molar-refractivity contribution in [3.05, 3.63) is 18.2 Å². The molecule has 0 saturated heterocycles. The van der Waals surface area contributed by atoms with Gasteiger partial charge in [0.2, 0.25) is 23.6 Å². The second kappa shape index (κ2) is 13.3. The van der Waals surface area contributed by atoms with E-state index in [4.69, 9.17) is 16.6 Å². The molecule has 0 fully saturated rings. The zero-order valence-corrected chi connectivity index (χ0v) is 17.9. The smallest absolute Gasteiger partial charge is 0.327 e. The van der Waals surface area contributed by atoms with Gasteiger partial charge in [-0.2, -0.15) is 12.6 Å². The van der Waals surface area contributed by atoms with E-state index in [9.17, 15) is 29.1 Å². The van der Waals surface area contributed by atoms with Gasteiger partial charge in [-0.1, -0.05) is 0 Å². The molecule has 0 aliphatic carbocycles. The van der Waals surface area contributed by atoms with Crippen LogP contribution in [0.25, 0.3) is 0 Å². The number of carbonyl (C=O) groups excluding carboxylic acids is 4. The normalized spacial score (nSPS) is 14.5. The summed E-state index contributed by atoms with van der Waals surface area (Å²) in [6.45, 7) is -0.813. The molecule has 1 heterocycles. The fraction of sp³-hybridized carbons (Fsp3) is 0.529. The number of aliphatic carboxylic acids is 1. The standard InChI is InChI=1S/C17H27N7O7S/c18-9(3-8-4-20-7-21-8)14(27)23-11(5-25)16(29)22-10(1-2-13(19)26)15(28)24-12(6-32)17(30)31/h4,7,9-12,25,32H,1-3,5-6,18H2,(H2,19,26)(H,20,21)(H,22,29)(H,23,27)(H,24,28)(H,30,31). The second-order valence-corrected chi connectivity index (χ2v) is 7.14. The number of imidazole rings is 1. The molecule has 10 N–H and O–H groups in total. The van der Waals surface area contributed by atoms with Gasteiger partial charge in [0.1, 0.15) is 18.1 Å². The van der Waals surface area contributed by atoms with Crippen molar-refractivity contribution in [1.82, 2.24) is 25.9 Å². The quantitative estimate of drug-likeness (QED) is 0.119. The summed E-state index contributed by atoms with van der Waals surface area (Å²) in [7, 11) is 0. The molecule has 1 aromatic rings. The van der Waals surface area contributed by atoms with Gasteiger partial charge in [0.15, 0.2) is 0 Å². The molecular formula is C17H27N7O7S. The lowest BCUT2D eigenvalue weighted by molar-refractivity contribution is -0.141. The van der Waals surface area contributed by atoms with Crippen molar-refractivity contribution >= 4 is 42.2 Å². The molecule has 0 aliphatic heterocycles. The Morgan fingerprint density at radius 1 is 1.06 bits per heavy atom. The van der Waals surface area contributed by atoms with Crippen molar-refractivity contribution in [1.29, 1.82) is 0 Å². The Morgan fingerprint density at radius 2 is 1.66 bits per heavy atom. The number of thiol groups is 1. The predicted molar refractivity (Wildman–Crippen MR) is 113 cm³/mol. The van der Waals surface area contributed by atoms with Crippen LogP contribution in [0.4, 0.5) is 0 Å². The molecule has 0 saturated carbocycles. The maximum atomic E-state index is 12.5. The number of carboxylic acid groups (broad SMARTS) is 1. The fourth-order valence-electron chi connectivity index (χ4n) is 2.48. The SMILES string of the molecule is NC(=O)CCC(NC(=O)C(CO)NC(=O)C(N)Cc1cnc[nH]1)C(=O)NC(CS)C(=O)O. The number of primary amides is 1. The molecule has 4 unspecified atom stereocenters. The first-order valence-electron chi connectivity index (χ1n) is 9.45. The van der Waals surface area contributed by atoms with Crippen molar-refractivity contribution in [2.75, 3.05) is 12.4 Å². The van der Waals surface area contributed by atoms with Crippen LogP contribution < -0.4 is 27.4 Å². The largest absolute Gasteiger partial charge is 0.480 e. The van der Waals surface area contributed by atoms with Crippen LogP contribution in [0, 0.1) is 0 Å². The number of hydrogen-bond acceptors (Lipinski definition) is 9. The highest BCUT2D eigenvalue weighted by atomic mass is 32.1. The third kappa shape index (κ3) is 8.91. The molecule has 0 bridgehead atoms. The summed E-state index contributed by atoms with van der Waals surface area (Å²) in [6, 6.07) is -5.22. The van der Waals surface area contributed by atoms with Gasteiger partial charge >= 0.3 is 5.97 Å². The van der Waals surface area contributed by atoms with Crippen LogP contribution >= 0.6 is 12.6 Å². The molecule has 4 atom stereocenters. The first-order valence-corrected chi connectivity index (χ1v) is 10.1. The Hall–Kier alpha value is -3.17. The van der Waals surface area contributed by atoms with Gasteiger partial charge in [0.05, 0.1) is 19.0 Å². The molecule has 0 radical (unpaired) electrons. The van der Waals surface area contributed by atoms with Crippen LogP contribution in [0.5, 0.6) is 0 Å². The first kappa shape index (κ1) is 26.9. The van der Waals surface area contributed by atoms with E-state index in [1.165, 1.54) is 12.5 Å². The molecule has 1 rings (SSSR count). The third-order valence-electron chi connectivity index (χ3n) is 4.26. The molecule has 0 aromatic carbocycles. The first-order chi connectivity index (χ1) is 15.1. The number of aromatic nitrogens is 2. The molecule has 14 nitrogen and oxygen atoms in total. The Bertz CT molecular complexity index is 805. The van der Waals surface area contributed by atoms with Gasteiger partial charge in [0, 0.05) is 30.5 Å². The third-order valence-corrected chi connectivity index (χ3v) is 4.62. The van der Waals surface area contributed by atoms with Gasteiger partial charge < -0.3 is 42.6 Å². The number of aliphatic hydroxyl groups is 1. The molecular weight excluding hydrogens is 446 g/mol. The van der Waals surface area contributed by atoms with Crippen LogP contribution in [0.2, 0.25) is 0 Å². The lowest BCUT2D eigenvalue weighted by Crippen LogP contribution is -2.58. The number of nitrogens with one attached hydrogen (secondary N) is 4. The van der Waals surface area contributed by atoms with Crippen LogP contribution in [0.1, 0.15) is 18.5 Å². The van der Waals surface area contributed by atoms with Crippen LogP contribution in [0.15, 0.2) is 12.5 Å². The van der Waals surface area contributed by atoms with E-state index in [1.807, 2.05) is 0 Å². The topological polar surface area (TPSA) is 243 Å². The molecule has 4 amide bonds. The van der Waals surface area contributed by atoms with Gasteiger partial charge in [0.25, 0.3) is 0 Å². The summed E-state index contributed by atoms with van der Waals surface area (Å²) in [4.78, 5) is 66.0. The predicted octanol–water partition coefficient (Wildman–Crippen LogP) is -3.99. The van der Waals surface area contributed by atoms with Crippen LogP contribution in [-0.2, 0) is 30.4 Å². The van der Waals surface area contributed by atoms with Gasteiger partial charge in [-0.3, -0.25) is 19.2 Å². The Morgan fingerprint density at radius 3 is 2.16 bits per heavy atom. The molecule has 15 heteroatoms. The summed E-state index contributed by atoms with van der Waals surface area (Å²) >= 11 is 3.83. The number of carbonyl (C=O) groups is 5. The van der Waals surface area contributed by atoms with Crippen molar-refractivity contribution in [2.45, 2.75) is 43.4 Å². The van der Waals surface area contributed by atoms with E-state index in [2.05, 4.69) is 38.5 Å². The highest BCUT2D eigenvalue weighted by molar-refractivity contribution is 7.80. The maximum absolute atomic E-state index is 12.5. The van der Waals surface area contributed by atoms with Crippen molar-refractivity contribution in [3.8, 4) is 0 Å². The number of H-pyrrole nitrogens is 1. The Balaban J connectivity index is 2.80. The van der Waals surface area contributed by atoms with Gasteiger partial charge in [-0.05, 0) is 6.42 Å². The minimum atomic E-state index is -1.46. The number of aliphatic hydroxyl groups excluding tert-OH is 1. The highest BCUT2D eigenvalue weighted by Crippen LogP contribution is 2.02. The summed E-state index contributed by atoms with van der Waals surface area (Å²) < 4.78 is 0. The Kier molecular flexibility index (Phi) is 11.2. The number of rotatable bonds is 14. The number of nitrogens with two attached hydrogens (primary N) is 2. The highest BCUT2D eigenvalue weighted by Gasteiger charge is 2.30. The van der Waals surface area contributed by atoms with E-state index in [1.54, 1.807) is 0 Å². The molecule has 0 aliphatic rings. The van der Waals surface area contributed by atoms with E-state index in [-0.39, 0.29) is 25.0 Å². The van der Waals surface area contributed by atoms with Gasteiger partial charge in [-0.15, -0.1) is 0 Å². The summed E-state index contributed by atoms with van der Waals surface area (Å²) in [5.41, 5.74) is 11.5. The number of hydrogen-bond donors (Lipinski definition) is 9. The summed E-state index contributed by atoms with van der Waals surface area (Å²) in [5.74, 6) is -4.91. The number of carboxylic acids is 1. The minimum Gasteiger partial charge on any atom is -0.480 e.